The number of esters is 1. The van der Waals surface area contributed by atoms with Crippen molar-refractivity contribution in [3.8, 4) is 5.75 Å². The number of aliphatic hydroxyl groups excluding tert-OH is 1. The zero-order valence-electron chi connectivity index (χ0n) is 57.9. The van der Waals surface area contributed by atoms with Crippen LogP contribution in [0.15, 0.2) is 90.9 Å². The predicted octanol–water partition coefficient (Wildman–Crippen LogP) is -5.34. The standard InChI is InChI=1S/C66H77N14O29P/c1-3-8-44-53(108-44)65(102)77-43(27-81)61(98)79-50-28(2)107-66(103)42(20-31-25-69-36-12-7-5-10-34(31)36)76-57(94)37(17-18-46(84)85)71-64(101)52(54(55(67)92)109-110(104,105)106)78-45(83)26-70-56(93)39(21-47(86)87)75-63(100)51(29-13-15-32(82)16-14-29)80-60(97)41(23-49(90)91)73-59(96)40(22-48(88)89)72-58(95)38(74-62(50)99)19-30-24-68-35-11-6-4-9-33(30)35/h4-7,9-16,20,24-25,28,37-41,43-44,50-54,68-69,81-82H,3,8,17-19,21-23,26-27H2,1-2H3,(H2,67,92)(H,70,93)(H,71,101)(H,72,95)(H,73,96)(H,74,99)(H,75,100)(H,76,94)(H,77,102)(H,78,83)(H,79,98)(H,80,97)(H,84,85)(H,86,87)(H,88,89)(H,90,91)(H2,104,105,106)/b42-20+/t28?,37?,38?,39-,40-,41?,43-,44?,50?,51+,52+,53?,54-/m0/s1. The molecule has 13 atom stereocenters. The summed E-state index contributed by atoms with van der Waals surface area (Å²) in [5.74, 6) is -28.2. The molecule has 0 bridgehead atoms. The number of fused-ring (bicyclic) bond motifs is 2. The van der Waals surface area contributed by atoms with Gasteiger partial charge >= 0.3 is 37.7 Å². The number of phosphoric ester groups is 1. The van der Waals surface area contributed by atoms with Gasteiger partial charge in [0, 0.05) is 52.6 Å². The molecule has 23 N–H and O–H groups in total. The number of aliphatic hydroxyl groups is 1. The van der Waals surface area contributed by atoms with Gasteiger partial charge in [-0.1, -0.05) is 61.9 Å². The number of aliphatic carboxylic acids is 4. The molecule has 5 aromatic rings. The highest BCUT2D eigenvalue weighted by Crippen LogP contribution is 2.38. The minimum Gasteiger partial charge on any atom is -0.508 e. The summed E-state index contributed by atoms with van der Waals surface area (Å²) in [4.78, 5) is 262. The van der Waals surface area contributed by atoms with Crippen LogP contribution < -0.4 is 64.2 Å². The summed E-state index contributed by atoms with van der Waals surface area (Å²) < 4.78 is 28.0. The molecule has 12 amide bonds. The summed E-state index contributed by atoms with van der Waals surface area (Å²) in [6.45, 7) is 0.0710. The van der Waals surface area contributed by atoms with Gasteiger partial charge in [0.25, 0.3) is 5.91 Å². The summed E-state index contributed by atoms with van der Waals surface area (Å²) in [7, 11) is -6.01. The molecular formula is C66H77N14O29P. The maximum absolute atomic E-state index is 15.3. The molecule has 2 aliphatic rings. The van der Waals surface area contributed by atoms with E-state index in [0.29, 0.717) is 34.6 Å². The lowest BCUT2D eigenvalue weighted by atomic mass is 10.0. The number of rotatable bonds is 24. The third-order valence-electron chi connectivity index (χ3n) is 16.6. The van der Waals surface area contributed by atoms with E-state index in [4.69, 9.17) is 15.2 Å². The number of carbonyl (C=O) groups is 17. The number of phenols is 1. The number of carbonyl (C=O) groups excluding carboxylic acids is 13. The largest absolute Gasteiger partial charge is 0.508 e. The third-order valence-corrected chi connectivity index (χ3v) is 17.2. The Morgan fingerprint density at radius 3 is 1.77 bits per heavy atom. The van der Waals surface area contributed by atoms with Crippen molar-refractivity contribution >= 4 is 136 Å². The first-order valence-corrected chi connectivity index (χ1v) is 34.8. The molecule has 0 saturated carbocycles. The van der Waals surface area contributed by atoms with Crippen molar-refractivity contribution in [2.75, 3.05) is 13.2 Å². The SMILES string of the molecule is CCCC1OC1C(=O)N[C@@H](CO)C(=O)NC1C(=O)NC(Cc2c[nH]c3ccccc23)C(=O)N[C@@H](CC(=O)O)C(=O)NC(CC(=O)O)C(=O)N[C@H](c2ccc(O)cc2)C(=O)N[C@@H](CC(=O)O)C(=O)NCC(=O)N[C@H]([C@H](OP(=O)(O)O)C(N)=O)C(=O)NC(CCC(=O)O)C(=O)N/C(=C/c2c[nH]c3ccccc23)C(=O)OC1C. The number of phosphoric acid groups is 1. The lowest BCUT2D eigenvalue weighted by Crippen LogP contribution is -2.62. The van der Waals surface area contributed by atoms with Gasteiger partial charge in [-0.15, -0.1) is 0 Å². The van der Waals surface area contributed by atoms with Crippen LogP contribution in [-0.2, 0) is 106 Å². The minimum absolute atomic E-state index is 0.0367. The summed E-state index contributed by atoms with van der Waals surface area (Å²) in [6.07, 6.45) is -9.22. The lowest BCUT2D eigenvalue weighted by molar-refractivity contribution is -0.150. The van der Waals surface area contributed by atoms with Gasteiger partial charge in [0.05, 0.1) is 38.5 Å². The number of ether oxygens (including phenoxy) is 2. The first-order chi connectivity index (χ1) is 51.9. The Morgan fingerprint density at radius 1 is 0.645 bits per heavy atom. The van der Waals surface area contributed by atoms with E-state index in [1.807, 2.05) is 21.3 Å². The first-order valence-electron chi connectivity index (χ1n) is 33.2. The number of H-pyrrole nitrogens is 2. The topological polar surface area (TPSA) is 690 Å². The number of para-hydroxylation sites is 2. The summed E-state index contributed by atoms with van der Waals surface area (Å²) in [5.41, 5.74) is 5.13. The zero-order chi connectivity index (χ0) is 81.0. The molecule has 0 radical (unpaired) electrons. The number of carboxylic acid groups (broad SMARTS) is 4. The molecule has 0 spiro atoms. The molecule has 3 aromatic carbocycles. The van der Waals surface area contributed by atoms with Gasteiger partial charge in [0.15, 0.2) is 12.2 Å². The Labute approximate surface area is 619 Å². The highest BCUT2D eigenvalue weighted by molar-refractivity contribution is 7.46. The Kier molecular flexibility index (Phi) is 29.4. The van der Waals surface area contributed by atoms with E-state index in [0.717, 1.165) is 37.3 Å². The van der Waals surface area contributed by atoms with Crippen molar-refractivity contribution in [3.05, 3.63) is 108 Å². The van der Waals surface area contributed by atoms with E-state index in [9.17, 15) is 112 Å². The van der Waals surface area contributed by atoms with Gasteiger partial charge in [0.1, 0.15) is 71.9 Å². The van der Waals surface area contributed by atoms with E-state index in [1.165, 1.54) is 24.5 Å². The second-order valence-electron chi connectivity index (χ2n) is 24.9. The van der Waals surface area contributed by atoms with Crippen molar-refractivity contribution in [2.45, 2.75) is 144 Å². The molecule has 590 valence electrons. The van der Waals surface area contributed by atoms with Crippen LogP contribution in [0.3, 0.4) is 0 Å². The molecule has 43 nitrogen and oxygen atoms in total. The molecule has 110 heavy (non-hydrogen) atoms. The van der Waals surface area contributed by atoms with E-state index < -0.39 is 250 Å². The fraction of sp³-hybridized carbons (Fsp3) is 0.379. The molecule has 44 heteroatoms. The average molecular weight is 1560 g/mol. The number of aromatic nitrogens is 2. The third kappa shape index (κ3) is 24.2. The maximum Gasteiger partial charge on any atom is 0.470 e. The second-order valence-corrected chi connectivity index (χ2v) is 26.1. The van der Waals surface area contributed by atoms with Crippen molar-refractivity contribution < 1.29 is 140 Å². The molecular weight excluding hydrogens is 1480 g/mol. The van der Waals surface area contributed by atoms with Crippen LogP contribution in [0, 0.1) is 0 Å². The van der Waals surface area contributed by atoms with Crippen LogP contribution >= 0.6 is 7.82 Å². The van der Waals surface area contributed by atoms with E-state index >= 15 is 14.4 Å². The zero-order valence-corrected chi connectivity index (χ0v) is 58.8. The number of aromatic amines is 2. The van der Waals surface area contributed by atoms with Gasteiger partial charge < -0.3 is 124 Å². The number of nitrogens with two attached hydrogens (primary N) is 1. The Hall–Kier alpha value is -12.7. The van der Waals surface area contributed by atoms with Crippen LogP contribution in [0.2, 0.25) is 0 Å². The average Bonchev–Trinajstić information content (AvgIpc) is 1.86. The molecule has 4 heterocycles. The molecule has 2 aromatic heterocycles. The quantitative estimate of drug-likeness (QED) is 0.0119. The highest BCUT2D eigenvalue weighted by atomic mass is 31.2. The van der Waals surface area contributed by atoms with Crippen LogP contribution in [0.5, 0.6) is 5.75 Å². The van der Waals surface area contributed by atoms with Crippen molar-refractivity contribution in [3.63, 3.8) is 0 Å². The van der Waals surface area contributed by atoms with Gasteiger partial charge in [0.2, 0.25) is 65.0 Å². The first kappa shape index (κ1) is 84.6. The highest BCUT2D eigenvalue weighted by Gasteiger charge is 2.47. The summed E-state index contributed by atoms with van der Waals surface area (Å²) in [5, 5.41) is 84.4. The molecule has 7 rings (SSSR count). The maximum atomic E-state index is 15.3. The Morgan fingerprint density at radius 2 is 1.19 bits per heavy atom. The number of benzene rings is 3. The van der Waals surface area contributed by atoms with Crippen LogP contribution in [-0.4, -0.2) is 237 Å². The fourth-order valence-electron chi connectivity index (χ4n) is 11.2. The van der Waals surface area contributed by atoms with Crippen molar-refractivity contribution in [1.29, 1.82) is 0 Å². The number of hydrogen-bond donors (Lipinski definition) is 22. The molecule has 2 saturated heterocycles. The smallest absolute Gasteiger partial charge is 0.470 e. The summed E-state index contributed by atoms with van der Waals surface area (Å²) >= 11 is 0. The van der Waals surface area contributed by atoms with E-state index in [1.54, 1.807) is 48.6 Å². The van der Waals surface area contributed by atoms with Crippen molar-refractivity contribution in [2.24, 2.45) is 5.73 Å². The van der Waals surface area contributed by atoms with Gasteiger partial charge in [-0.3, -0.25) is 81.2 Å². The Balaban J connectivity index is 1.40. The number of nitrogens with one attached hydrogen (secondary N) is 13. The molecule has 2 fully saturated rings. The van der Waals surface area contributed by atoms with Crippen molar-refractivity contribution in [1.82, 2.24) is 68.5 Å². The normalized spacial score (nSPS) is 23.6. The van der Waals surface area contributed by atoms with Gasteiger partial charge in [-0.05, 0) is 61.2 Å². The van der Waals surface area contributed by atoms with Gasteiger partial charge in [-0.2, -0.15) is 0 Å². The number of amides is 12. The number of hydrogen-bond acceptors (Lipinski definition) is 23. The van der Waals surface area contributed by atoms with E-state index in [2.05, 4.69) is 46.4 Å². The van der Waals surface area contributed by atoms with Crippen LogP contribution in [0.4, 0.5) is 0 Å². The van der Waals surface area contributed by atoms with Crippen LogP contribution in [0.1, 0.15) is 81.5 Å². The number of aromatic hydroxyl groups is 1. The predicted molar refractivity (Wildman–Crippen MR) is 370 cm³/mol. The summed E-state index contributed by atoms with van der Waals surface area (Å²) in [6, 6.07) is -4.55. The number of primary amides is 1. The number of cyclic esters (lactones) is 1. The number of carboxylic acids is 4. The molecule has 0 aliphatic carbocycles. The Bertz CT molecular complexity index is 4460. The van der Waals surface area contributed by atoms with Crippen LogP contribution in [0.25, 0.3) is 27.9 Å². The second kappa shape index (κ2) is 38.2. The minimum atomic E-state index is -6.01. The molecule has 7 unspecified atom stereocenters. The monoisotopic (exact) mass is 1560 g/mol. The molecule has 2 aliphatic heterocycles. The number of epoxide rings is 1. The van der Waals surface area contributed by atoms with Gasteiger partial charge in [-0.25, -0.2) is 9.36 Å². The fourth-order valence-corrected chi connectivity index (χ4v) is 11.7. The lowest BCUT2D eigenvalue weighted by Gasteiger charge is -2.29. The van der Waals surface area contributed by atoms with E-state index in [-0.39, 0.29) is 16.7 Å². The number of phenolic OH excluding ortho intramolecular Hbond substituents is 1.